The van der Waals surface area contributed by atoms with Gasteiger partial charge in [-0.3, -0.25) is 9.69 Å². The minimum atomic E-state index is -0.301. The Kier molecular flexibility index (Phi) is 4.21. The number of carbonyl (C=O) groups is 2. The number of nitrogens with zero attached hydrogens (tertiary/aromatic N) is 2. The predicted molar refractivity (Wildman–Crippen MR) is 83.4 cm³/mol. The number of amides is 3. The van der Waals surface area contributed by atoms with Crippen molar-refractivity contribution in [2.75, 3.05) is 18.8 Å². The molecule has 0 unspecified atom stereocenters. The number of hydrogen-bond acceptors (Lipinski definition) is 5. The van der Waals surface area contributed by atoms with E-state index in [2.05, 4.69) is 10.3 Å². The Balaban J connectivity index is 1.56. The van der Waals surface area contributed by atoms with Gasteiger partial charge in [-0.1, -0.05) is 42.1 Å². The third kappa shape index (κ3) is 3.25. The maximum Gasteiger partial charge on any atom is 0.324 e. The summed E-state index contributed by atoms with van der Waals surface area (Å²) in [5, 5.41) is 4.53. The number of imide groups is 1. The van der Waals surface area contributed by atoms with Gasteiger partial charge >= 0.3 is 6.03 Å². The predicted octanol–water partition coefficient (Wildman–Crippen LogP) is 2.45. The highest BCUT2D eigenvalue weighted by molar-refractivity contribution is 8.01. The highest BCUT2D eigenvalue weighted by Crippen LogP contribution is 2.28. The Hall–Kier alpha value is -1.86. The van der Waals surface area contributed by atoms with Crippen LogP contribution in [0.15, 0.2) is 40.1 Å². The fourth-order valence-electron chi connectivity index (χ4n) is 1.97. The van der Waals surface area contributed by atoms with Crippen LogP contribution in [0.1, 0.15) is 0 Å². The molecule has 3 amide bonds. The van der Waals surface area contributed by atoms with Crippen molar-refractivity contribution in [3.05, 3.63) is 35.7 Å². The quantitative estimate of drug-likeness (QED) is 0.679. The number of hydrogen-bond donors (Lipinski definition) is 1. The van der Waals surface area contributed by atoms with E-state index >= 15 is 0 Å². The minimum absolute atomic E-state index is 0.110. The van der Waals surface area contributed by atoms with Gasteiger partial charge < -0.3 is 5.32 Å². The summed E-state index contributed by atoms with van der Waals surface area (Å²) in [6.45, 7) is 0.522. The van der Waals surface area contributed by atoms with Crippen LogP contribution in [0.4, 0.5) is 4.79 Å². The molecule has 1 aliphatic rings. The van der Waals surface area contributed by atoms with Crippen LogP contribution in [0, 0.1) is 0 Å². The molecule has 3 rings (SSSR count). The van der Waals surface area contributed by atoms with Gasteiger partial charge in [-0.25, -0.2) is 9.78 Å². The first-order valence-corrected chi connectivity index (χ1v) is 8.32. The molecule has 108 valence electrons. The monoisotopic (exact) mass is 319 g/mol. The fraction of sp³-hybridized carbons (Fsp3) is 0.214. The molecule has 0 bridgehead atoms. The zero-order valence-corrected chi connectivity index (χ0v) is 12.7. The van der Waals surface area contributed by atoms with Gasteiger partial charge in [0.2, 0.25) is 5.91 Å². The van der Waals surface area contributed by atoms with Crippen molar-refractivity contribution < 1.29 is 9.59 Å². The van der Waals surface area contributed by atoms with E-state index in [9.17, 15) is 9.59 Å². The molecular weight excluding hydrogens is 306 g/mol. The van der Waals surface area contributed by atoms with E-state index in [0.29, 0.717) is 12.3 Å². The van der Waals surface area contributed by atoms with Gasteiger partial charge in [0.1, 0.15) is 0 Å². The molecule has 1 aromatic heterocycles. The number of aromatic nitrogens is 1. The van der Waals surface area contributed by atoms with E-state index in [0.717, 1.165) is 15.6 Å². The molecule has 0 atom stereocenters. The van der Waals surface area contributed by atoms with E-state index in [1.165, 1.54) is 4.90 Å². The molecular formula is C14H13N3O2S2. The maximum atomic E-state index is 11.4. The summed E-state index contributed by atoms with van der Waals surface area (Å²) in [5.74, 6) is 0.491. The van der Waals surface area contributed by atoms with Crippen molar-refractivity contribution in [1.82, 2.24) is 15.2 Å². The normalized spacial score (nSPS) is 14.6. The van der Waals surface area contributed by atoms with E-state index in [-0.39, 0.29) is 18.5 Å². The van der Waals surface area contributed by atoms with Gasteiger partial charge in [0.05, 0.1) is 12.2 Å². The highest BCUT2D eigenvalue weighted by atomic mass is 32.2. The van der Waals surface area contributed by atoms with Crippen molar-refractivity contribution in [2.45, 2.75) is 4.34 Å². The fourth-order valence-corrected chi connectivity index (χ4v) is 3.80. The lowest BCUT2D eigenvalue weighted by molar-refractivity contribution is -0.124. The summed E-state index contributed by atoms with van der Waals surface area (Å²) in [7, 11) is 0. The third-order valence-corrected chi connectivity index (χ3v) is 5.03. The van der Waals surface area contributed by atoms with Crippen LogP contribution in [-0.2, 0) is 4.79 Å². The molecule has 0 spiro atoms. The molecule has 7 heteroatoms. The van der Waals surface area contributed by atoms with Crippen LogP contribution in [-0.4, -0.2) is 40.7 Å². The molecule has 1 saturated heterocycles. The van der Waals surface area contributed by atoms with Crippen LogP contribution in [0.25, 0.3) is 11.3 Å². The lowest BCUT2D eigenvalue weighted by Gasteiger charge is -2.10. The number of urea groups is 1. The van der Waals surface area contributed by atoms with E-state index in [1.807, 2.05) is 35.7 Å². The Morgan fingerprint density at radius 2 is 2.10 bits per heavy atom. The van der Waals surface area contributed by atoms with Crippen LogP contribution < -0.4 is 5.32 Å². The average molecular weight is 319 g/mol. The highest BCUT2D eigenvalue weighted by Gasteiger charge is 2.27. The van der Waals surface area contributed by atoms with Crippen LogP contribution in [0.2, 0.25) is 0 Å². The van der Waals surface area contributed by atoms with Crippen LogP contribution >= 0.6 is 23.1 Å². The Bertz CT molecular complexity index is 641. The van der Waals surface area contributed by atoms with Crippen molar-refractivity contribution in [3.63, 3.8) is 0 Å². The lowest BCUT2D eigenvalue weighted by Crippen LogP contribution is -2.32. The minimum Gasteiger partial charge on any atom is -0.329 e. The first-order valence-electron chi connectivity index (χ1n) is 6.46. The summed E-state index contributed by atoms with van der Waals surface area (Å²) in [4.78, 5) is 28.6. The second kappa shape index (κ2) is 6.28. The van der Waals surface area contributed by atoms with Crippen LogP contribution in [0.5, 0.6) is 0 Å². The first-order chi connectivity index (χ1) is 10.2. The number of nitrogens with one attached hydrogen (secondary N) is 1. The maximum absolute atomic E-state index is 11.4. The summed E-state index contributed by atoms with van der Waals surface area (Å²) >= 11 is 3.14. The van der Waals surface area contributed by atoms with Crippen molar-refractivity contribution in [3.8, 4) is 11.3 Å². The first kappa shape index (κ1) is 14.1. The van der Waals surface area contributed by atoms with Gasteiger partial charge in [-0.2, -0.15) is 0 Å². The van der Waals surface area contributed by atoms with E-state index in [1.54, 1.807) is 23.1 Å². The lowest BCUT2D eigenvalue weighted by atomic mass is 10.2. The average Bonchev–Trinajstić information content (AvgIpc) is 3.10. The Morgan fingerprint density at radius 1 is 1.29 bits per heavy atom. The summed E-state index contributed by atoms with van der Waals surface area (Å²) < 4.78 is 0.945. The molecule has 21 heavy (non-hydrogen) atoms. The van der Waals surface area contributed by atoms with E-state index < -0.39 is 0 Å². The number of rotatable bonds is 5. The van der Waals surface area contributed by atoms with Crippen molar-refractivity contribution in [1.29, 1.82) is 0 Å². The largest absolute Gasteiger partial charge is 0.329 e. The van der Waals surface area contributed by atoms with Gasteiger partial charge in [-0.05, 0) is 0 Å². The number of benzene rings is 1. The molecule has 0 radical (unpaired) electrons. The standard InChI is InChI=1S/C14H13N3O2S2/c18-12-8-15-13(19)17(12)6-7-20-14-16-11(9-21-14)10-4-2-1-3-5-10/h1-5,9H,6-8H2,(H,15,19). The molecule has 0 aliphatic carbocycles. The second-order valence-electron chi connectivity index (χ2n) is 4.42. The summed E-state index contributed by atoms with van der Waals surface area (Å²) in [5.41, 5.74) is 2.05. The summed E-state index contributed by atoms with van der Waals surface area (Å²) in [6, 6.07) is 9.69. The molecule has 1 N–H and O–H groups in total. The molecule has 1 fully saturated rings. The molecule has 2 heterocycles. The van der Waals surface area contributed by atoms with Crippen LogP contribution in [0.3, 0.4) is 0 Å². The molecule has 0 saturated carbocycles. The van der Waals surface area contributed by atoms with E-state index in [4.69, 9.17) is 0 Å². The number of thioether (sulfide) groups is 1. The van der Waals surface area contributed by atoms with Gasteiger partial charge in [0, 0.05) is 23.2 Å². The van der Waals surface area contributed by atoms with Gasteiger partial charge in [0.15, 0.2) is 4.34 Å². The van der Waals surface area contributed by atoms with Crippen molar-refractivity contribution >= 4 is 35.0 Å². The van der Waals surface area contributed by atoms with Gasteiger partial charge in [0.25, 0.3) is 0 Å². The Morgan fingerprint density at radius 3 is 2.81 bits per heavy atom. The zero-order valence-electron chi connectivity index (χ0n) is 11.1. The zero-order chi connectivity index (χ0) is 14.7. The second-order valence-corrected chi connectivity index (χ2v) is 6.62. The molecule has 5 nitrogen and oxygen atoms in total. The Labute approximate surface area is 130 Å². The molecule has 1 aromatic carbocycles. The topological polar surface area (TPSA) is 62.3 Å². The summed E-state index contributed by atoms with van der Waals surface area (Å²) in [6.07, 6.45) is 0. The number of carbonyl (C=O) groups excluding carboxylic acids is 2. The smallest absolute Gasteiger partial charge is 0.324 e. The third-order valence-electron chi connectivity index (χ3n) is 3.03. The number of thiazole rings is 1. The molecule has 1 aliphatic heterocycles. The SMILES string of the molecule is O=C1CNC(=O)N1CCSc1nc(-c2ccccc2)cs1. The van der Waals surface area contributed by atoms with Crippen molar-refractivity contribution in [2.24, 2.45) is 0 Å². The molecule has 2 aromatic rings. The van der Waals surface area contributed by atoms with Gasteiger partial charge in [-0.15, -0.1) is 11.3 Å².